The van der Waals surface area contributed by atoms with Crippen LogP contribution in [0, 0.1) is 11.8 Å². The predicted molar refractivity (Wildman–Crippen MR) is 152 cm³/mol. The number of benzene rings is 1. The van der Waals surface area contributed by atoms with Gasteiger partial charge in [0.1, 0.15) is 5.49 Å². The Bertz CT molecular complexity index is 1470. The van der Waals surface area contributed by atoms with Gasteiger partial charge in [-0.15, -0.1) is 0 Å². The molecule has 0 radical (unpaired) electrons. The SMILES string of the molecule is C=C(c1cc(CC)c2c(c1)nc(-c1cc3c(n1CC1CC1)=NCCC=3)n2N)N1CC(CC)C(N)C1CC. The molecular weight excluding hydrogens is 458 g/mol. The molecule has 0 bridgehead atoms. The van der Waals surface area contributed by atoms with Crippen LogP contribution in [-0.4, -0.2) is 44.3 Å². The van der Waals surface area contributed by atoms with E-state index in [1.165, 1.54) is 23.6 Å². The number of fused-ring (bicyclic) bond motifs is 2. The van der Waals surface area contributed by atoms with Crippen molar-refractivity contribution in [1.29, 1.82) is 0 Å². The largest absolute Gasteiger partial charge is 0.367 e. The van der Waals surface area contributed by atoms with Gasteiger partial charge in [-0.25, -0.2) is 9.66 Å². The van der Waals surface area contributed by atoms with Crippen molar-refractivity contribution in [1.82, 2.24) is 19.1 Å². The van der Waals surface area contributed by atoms with Crippen molar-refractivity contribution in [2.45, 2.75) is 77.9 Å². The number of aryl methyl sites for hydroxylation is 1. The Labute approximate surface area is 219 Å². The topological polar surface area (TPSA) is 90.4 Å². The van der Waals surface area contributed by atoms with Gasteiger partial charge in [-0.05, 0) is 73.3 Å². The Morgan fingerprint density at radius 2 is 1.95 bits per heavy atom. The zero-order valence-corrected chi connectivity index (χ0v) is 22.6. The second kappa shape index (κ2) is 9.35. The van der Waals surface area contributed by atoms with E-state index in [1.54, 1.807) is 4.68 Å². The number of hydrogen-bond acceptors (Lipinski definition) is 5. The summed E-state index contributed by atoms with van der Waals surface area (Å²) in [6.07, 6.45) is 8.85. The van der Waals surface area contributed by atoms with E-state index in [0.29, 0.717) is 12.0 Å². The molecule has 7 heteroatoms. The minimum Gasteiger partial charge on any atom is -0.367 e. The van der Waals surface area contributed by atoms with Crippen LogP contribution in [-0.2, 0) is 13.0 Å². The molecule has 0 spiro atoms. The van der Waals surface area contributed by atoms with Crippen molar-refractivity contribution in [3.05, 3.63) is 46.6 Å². The van der Waals surface area contributed by atoms with Gasteiger partial charge in [0.2, 0.25) is 0 Å². The molecule has 2 fully saturated rings. The molecule has 3 atom stereocenters. The molecule has 3 aromatic rings. The van der Waals surface area contributed by atoms with Crippen molar-refractivity contribution in [2.24, 2.45) is 22.6 Å². The van der Waals surface area contributed by atoms with Gasteiger partial charge in [0.25, 0.3) is 0 Å². The minimum atomic E-state index is 0.184. The molecule has 6 rings (SSSR count). The second-order valence-electron chi connectivity index (χ2n) is 11.2. The third kappa shape index (κ3) is 3.99. The van der Waals surface area contributed by atoms with Crippen molar-refractivity contribution in [3.8, 4) is 11.5 Å². The Hall–Kier alpha value is -3.06. The van der Waals surface area contributed by atoms with Crippen LogP contribution in [0.1, 0.15) is 64.0 Å². The highest BCUT2D eigenvalue weighted by Crippen LogP contribution is 2.36. The summed E-state index contributed by atoms with van der Waals surface area (Å²) in [5.41, 5.74) is 14.1. The van der Waals surface area contributed by atoms with Gasteiger partial charge in [-0.2, -0.15) is 0 Å². The summed E-state index contributed by atoms with van der Waals surface area (Å²) in [5.74, 6) is 8.86. The standard InChI is InChI=1S/C30H41N7/c1-5-20-13-23(18(4)35-17-21(6-2)27(31)25(35)7-3)14-24-28(20)37(32)30(34-24)26-15-22-9-8-12-33-29(22)36(26)16-19-10-11-19/h9,13-15,19,21,25,27H,4-8,10-12,16-17,31-32H2,1-3H3. The number of aromatic nitrogens is 3. The first-order valence-corrected chi connectivity index (χ1v) is 14.2. The molecule has 2 aliphatic heterocycles. The molecule has 1 saturated heterocycles. The average Bonchev–Trinajstić information content (AvgIpc) is 3.46. The molecule has 37 heavy (non-hydrogen) atoms. The minimum absolute atomic E-state index is 0.184. The maximum absolute atomic E-state index is 6.82. The maximum atomic E-state index is 6.82. The molecule has 4 N–H and O–H groups in total. The first-order chi connectivity index (χ1) is 17.9. The Morgan fingerprint density at radius 3 is 2.65 bits per heavy atom. The number of nitrogen functional groups attached to an aromatic ring is 1. The third-order valence-electron chi connectivity index (χ3n) is 8.91. The van der Waals surface area contributed by atoms with E-state index in [4.69, 9.17) is 21.6 Å². The lowest BCUT2D eigenvalue weighted by atomic mass is 9.96. The summed E-state index contributed by atoms with van der Waals surface area (Å²) in [4.78, 5) is 12.5. The maximum Gasteiger partial charge on any atom is 0.176 e. The number of hydrogen-bond donors (Lipinski definition) is 2. The van der Waals surface area contributed by atoms with Crippen LogP contribution in [0.25, 0.3) is 34.3 Å². The summed E-state index contributed by atoms with van der Waals surface area (Å²) in [6, 6.07) is 7.17. The van der Waals surface area contributed by atoms with Gasteiger partial charge in [0.05, 0.1) is 16.7 Å². The normalized spacial score (nSPS) is 23.2. The van der Waals surface area contributed by atoms with Crippen LogP contribution in [0.15, 0.2) is 29.8 Å². The van der Waals surface area contributed by atoms with Crippen LogP contribution >= 0.6 is 0 Å². The summed E-state index contributed by atoms with van der Waals surface area (Å²) in [7, 11) is 0. The first kappa shape index (κ1) is 24.3. The van der Waals surface area contributed by atoms with E-state index >= 15 is 0 Å². The van der Waals surface area contributed by atoms with Gasteiger partial charge in [-0.1, -0.05) is 39.8 Å². The van der Waals surface area contributed by atoms with Gasteiger partial charge in [0.15, 0.2) is 5.82 Å². The number of nitrogens with two attached hydrogens (primary N) is 2. The van der Waals surface area contributed by atoms with E-state index in [-0.39, 0.29) is 6.04 Å². The van der Waals surface area contributed by atoms with E-state index < -0.39 is 0 Å². The van der Waals surface area contributed by atoms with Crippen LogP contribution in [0.5, 0.6) is 0 Å². The zero-order chi connectivity index (χ0) is 25.8. The molecule has 0 amide bonds. The van der Waals surface area contributed by atoms with Gasteiger partial charge in [-0.3, -0.25) is 4.99 Å². The van der Waals surface area contributed by atoms with Crippen molar-refractivity contribution in [2.75, 3.05) is 18.9 Å². The molecule has 3 unspecified atom stereocenters. The quantitative estimate of drug-likeness (QED) is 0.465. The van der Waals surface area contributed by atoms with Crippen LogP contribution in [0.3, 0.4) is 0 Å². The highest BCUT2D eigenvalue weighted by Gasteiger charge is 2.38. The molecule has 1 aliphatic carbocycles. The molecule has 196 valence electrons. The fraction of sp³-hybridized carbons (Fsp3) is 0.533. The van der Waals surface area contributed by atoms with E-state index in [2.05, 4.69) is 61.1 Å². The lowest BCUT2D eigenvalue weighted by molar-refractivity contribution is 0.343. The van der Waals surface area contributed by atoms with E-state index in [1.807, 2.05) is 0 Å². The van der Waals surface area contributed by atoms with Gasteiger partial charge in [0, 0.05) is 42.6 Å². The lowest BCUT2D eigenvalue weighted by Crippen LogP contribution is -2.39. The van der Waals surface area contributed by atoms with Crippen LogP contribution in [0.2, 0.25) is 0 Å². The van der Waals surface area contributed by atoms with E-state index in [9.17, 15) is 0 Å². The average molecular weight is 500 g/mol. The number of imidazole rings is 1. The van der Waals surface area contributed by atoms with Crippen LogP contribution in [0.4, 0.5) is 0 Å². The molecule has 3 aliphatic rings. The first-order valence-electron chi connectivity index (χ1n) is 14.2. The highest BCUT2D eigenvalue weighted by atomic mass is 15.3. The fourth-order valence-corrected chi connectivity index (χ4v) is 6.54. The molecule has 2 aromatic heterocycles. The third-order valence-corrected chi connectivity index (χ3v) is 8.91. The summed E-state index contributed by atoms with van der Waals surface area (Å²) < 4.78 is 4.17. The molecular formula is C30H41N7. The van der Waals surface area contributed by atoms with Crippen molar-refractivity contribution < 1.29 is 0 Å². The predicted octanol–water partition coefficient (Wildman–Crippen LogP) is 3.41. The molecule has 7 nitrogen and oxygen atoms in total. The van der Waals surface area contributed by atoms with Gasteiger partial charge < -0.3 is 21.0 Å². The monoisotopic (exact) mass is 499 g/mol. The smallest absolute Gasteiger partial charge is 0.176 e. The zero-order valence-electron chi connectivity index (χ0n) is 22.6. The number of nitrogens with zero attached hydrogens (tertiary/aromatic N) is 5. The Kier molecular flexibility index (Phi) is 6.14. The summed E-state index contributed by atoms with van der Waals surface area (Å²) >= 11 is 0. The summed E-state index contributed by atoms with van der Waals surface area (Å²) in [5, 5.41) is 1.21. The Morgan fingerprint density at radius 1 is 1.14 bits per heavy atom. The van der Waals surface area contributed by atoms with Crippen molar-refractivity contribution in [3.63, 3.8) is 0 Å². The van der Waals surface area contributed by atoms with E-state index in [0.717, 1.165) is 90.5 Å². The molecule has 1 saturated carbocycles. The second-order valence-corrected chi connectivity index (χ2v) is 11.2. The highest BCUT2D eigenvalue weighted by molar-refractivity contribution is 5.87. The number of rotatable bonds is 8. The summed E-state index contributed by atoms with van der Waals surface area (Å²) in [6.45, 7) is 14.0. The Balaban J connectivity index is 1.45. The van der Waals surface area contributed by atoms with Crippen LogP contribution < -0.4 is 22.3 Å². The number of likely N-dealkylation sites (tertiary alicyclic amines) is 1. The van der Waals surface area contributed by atoms with Crippen molar-refractivity contribution >= 4 is 22.8 Å². The lowest BCUT2D eigenvalue weighted by Gasteiger charge is -2.30. The molecule has 1 aromatic carbocycles. The molecule has 4 heterocycles. The van der Waals surface area contributed by atoms with Gasteiger partial charge >= 0.3 is 0 Å². The fourth-order valence-electron chi connectivity index (χ4n) is 6.54.